The topological polar surface area (TPSA) is 66.5 Å². The van der Waals surface area contributed by atoms with Crippen LogP contribution in [0.3, 0.4) is 0 Å². The smallest absolute Gasteiger partial charge is 0.251 e. The number of carbonyl (C=O) groups excluding carboxylic acids is 1. The van der Waals surface area contributed by atoms with Crippen LogP contribution >= 0.6 is 0 Å². The third-order valence-electron chi connectivity index (χ3n) is 3.48. The van der Waals surface area contributed by atoms with Crippen LogP contribution in [0, 0.1) is 6.92 Å². The predicted octanol–water partition coefficient (Wildman–Crippen LogP) is 2.32. The van der Waals surface area contributed by atoms with Crippen molar-refractivity contribution in [1.82, 2.24) is 5.32 Å². The highest BCUT2D eigenvalue weighted by Crippen LogP contribution is 2.20. The lowest BCUT2D eigenvalue weighted by Gasteiger charge is -2.18. The van der Waals surface area contributed by atoms with E-state index in [1.54, 1.807) is 18.2 Å². The molecule has 0 heterocycles. The highest BCUT2D eigenvalue weighted by molar-refractivity contribution is 7.92. The van der Waals surface area contributed by atoms with Crippen molar-refractivity contribution in [3.05, 3.63) is 65.2 Å². The second kappa shape index (κ2) is 6.83. The summed E-state index contributed by atoms with van der Waals surface area (Å²) in [5.41, 5.74) is 2.73. The molecule has 0 spiro atoms. The molecule has 2 aromatic carbocycles. The molecule has 0 saturated carbocycles. The Kier molecular flexibility index (Phi) is 5.05. The number of aryl methyl sites for hydroxylation is 1. The maximum absolute atomic E-state index is 12.3. The highest BCUT2D eigenvalue weighted by atomic mass is 32.2. The van der Waals surface area contributed by atoms with Crippen molar-refractivity contribution in [2.24, 2.45) is 0 Å². The zero-order valence-corrected chi connectivity index (χ0v) is 14.2. The van der Waals surface area contributed by atoms with Crippen LogP contribution in [0.15, 0.2) is 48.5 Å². The summed E-state index contributed by atoms with van der Waals surface area (Å²) >= 11 is 0. The van der Waals surface area contributed by atoms with E-state index in [0.717, 1.165) is 21.7 Å². The SMILES string of the molecule is Cc1cc(C(=O)NCc2ccccc2)cc(N(C)S(C)(=O)=O)c1. The summed E-state index contributed by atoms with van der Waals surface area (Å²) in [4.78, 5) is 12.3. The molecule has 23 heavy (non-hydrogen) atoms. The van der Waals surface area contributed by atoms with Gasteiger partial charge in [-0.2, -0.15) is 0 Å². The van der Waals surface area contributed by atoms with Gasteiger partial charge < -0.3 is 5.32 Å². The quantitative estimate of drug-likeness (QED) is 0.914. The van der Waals surface area contributed by atoms with Crippen molar-refractivity contribution in [2.75, 3.05) is 17.6 Å². The summed E-state index contributed by atoms with van der Waals surface area (Å²) in [7, 11) is -1.90. The number of carbonyl (C=O) groups is 1. The number of benzene rings is 2. The van der Waals surface area contributed by atoms with Crippen LogP contribution in [0.1, 0.15) is 21.5 Å². The van der Waals surface area contributed by atoms with Crippen LogP contribution < -0.4 is 9.62 Å². The minimum Gasteiger partial charge on any atom is -0.348 e. The van der Waals surface area contributed by atoms with Crippen molar-refractivity contribution < 1.29 is 13.2 Å². The van der Waals surface area contributed by atoms with Gasteiger partial charge in [0.15, 0.2) is 0 Å². The fourth-order valence-corrected chi connectivity index (χ4v) is 2.64. The third kappa shape index (κ3) is 4.56. The molecule has 5 nitrogen and oxygen atoms in total. The molecule has 0 unspecified atom stereocenters. The van der Waals surface area contributed by atoms with Crippen molar-refractivity contribution in [3.8, 4) is 0 Å². The summed E-state index contributed by atoms with van der Waals surface area (Å²) in [6.45, 7) is 2.25. The van der Waals surface area contributed by atoms with E-state index in [2.05, 4.69) is 5.32 Å². The number of anilines is 1. The maximum atomic E-state index is 12.3. The molecule has 0 saturated heterocycles. The second-order valence-electron chi connectivity index (χ2n) is 5.46. The minimum absolute atomic E-state index is 0.235. The van der Waals surface area contributed by atoms with Crippen molar-refractivity contribution in [1.29, 1.82) is 0 Å². The minimum atomic E-state index is -3.37. The molecule has 6 heteroatoms. The molecule has 2 aromatic rings. The number of hydrogen-bond donors (Lipinski definition) is 1. The number of nitrogens with zero attached hydrogens (tertiary/aromatic N) is 1. The molecule has 0 atom stereocenters. The number of hydrogen-bond acceptors (Lipinski definition) is 3. The van der Waals surface area contributed by atoms with Crippen molar-refractivity contribution >= 4 is 21.6 Å². The largest absolute Gasteiger partial charge is 0.348 e. The maximum Gasteiger partial charge on any atom is 0.251 e. The van der Waals surface area contributed by atoms with E-state index < -0.39 is 10.0 Å². The van der Waals surface area contributed by atoms with E-state index in [1.807, 2.05) is 37.3 Å². The zero-order valence-electron chi connectivity index (χ0n) is 13.4. The summed E-state index contributed by atoms with van der Waals surface area (Å²) in [5, 5.41) is 2.84. The van der Waals surface area contributed by atoms with Crippen LogP contribution in [0.4, 0.5) is 5.69 Å². The second-order valence-corrected chi connectivity index (χ2v) is 7.47. The average Bonchev–Trinajstić information content (AvgIpc) is 2.51. The van der Waals surface area contributed by atoms with Gasteiger partial charge in [0.25, 0.3) is 5.91 Å². The van der Waals surface area contributed by atoms with Crippen molar-refractivity contribution in [3.63, 3.8) is 0 Å². The van der Waals surface area contributed by atoms with Crippen LogP contribution in [0.5, 0.6) is 0 Å². The van der Waals surface area contributed by atoms with Crippen LogP contribution in [-0.4, -0.2) is 27.6 Å². The number of amides is 1. The molecule has 122 valence electrons. The van der Waals surface area contributed by atoms with Crippen LogP contribution in [-0.2, 0) is 16.6 Å². The van der Waals surface area contributed by atoms with Crippen LogP contribution in [0.2, 0.25) is 0 Å². The Hall–Kier alpha value is -2.34. The normalized spacial score (nSPS) is 11.1. The van der Waals surface area contributed by atoms with Gasteiger partial charge in [0.1, 0.15) is 0 Å². The van der Waals surface area contributed by atoms with E-state index in [4.69, 9.17) is 0 Å². The molecule has 0 aliphatic rings. The molecule has 0 bridgehead atoms. The Balaban J connectivity index is 2.19. The van der Waals surface area contributed by atoms with E-state index in [-0.39, 0.29) is 5.91 Å². The summed E-state index contributed by atoms with van der Waals surface area (Å²) in [6, 6.07) is 14.6. The molecule has 0 aromatic heterocycles. The van der Waals surface area contributed by atoms with E-state index >= 15 is 0 Å². The first-order chi connectivity index (χ1) is 10.8. The van der Waals surface area contributed by atoms with Crippen LogP contribution in [0.25, 0.3) is 0 Å². The lowest BCUT2D eigenvalue weighted by Crippen LogP contribution is -2.26. The van der Waals surface area contributed by atoms with Gasteiger partial charge in [-0.1, -0.05) is 30.3 Å². The third-order valence-corrected chi connectivity index (χ3v) is 4.69. The first-order valence-corrected chi connectivity index (χ1v) is 9.00. The van der Waals surface area contributed by atoms with Gasteiger partial charge in [-0.05, 0) is 36.2 Å². The first-order valence-electron chi connectivity index (χ1n) is 7.15. The monoisotopic (exact) mass is 332 g/mol. The van der Waals surface area contributed by atoms with Gasteiger partial charge in [0.2, 0.25) is 10.0 Å². The Labute approximate surface area is 137 Å². The lowest BCUT2D eigenvalue weighted by molar-refractivity contribution is 0.0951. The van der Waals surface area contributed by atoms with E-state index in [9.17, 15) is 13.2 Å². The van der Waals surface area contributed by atoms with Gasteiger partial charge in [0.05, 0.1) is 11.9 Å². The Bertz CT molecular complexity index is 802. The first kappa shape index (κ1) is 17.0. The molecular formula is C17H20N2O3S. The highest BCUT2D eigenvalue weighted by Gasteiger charge is 2.15. The zero-order chi connectivity index (χ0) is 17.0. The average molecular weight is 332 g/mol. The molecule has 0 aliphatic heterocycles. The van der Waals surface area contributed by atoms with Gasteiger partial charge in [-0.25, -0.2) is 8.42 Å². The lowest BCUT2D eigenvalue weighted by atomic mass is 10.1. The molecule has 0 aliphatic carbocycles. The molecule has 1 N–H and O–H groups in total. The Morgan fingerprint density at radius 2 is 1.78 bits per heavy atom. The van der Waals surface area contributed by atoms with Gasteiger partial charge in [-0.15, -0.1) is 0 Å². The molecular weight excluding hydrogens is 312 g/mol. The number of sulfonamides is 1. The van der Waals surface area contributed by atoms with E-state index in [1.165, 1.54) is 7.05 Å². The number of rotatable bonds is 5. The standard InChI is InChI=1S/C17H20N2O3S/c1-13-9-15(11-16(10-13)19(2)23(3,21)22)17(20)18-12-14-7-5-4-6-8-14/h4-11H,12H2,1-3H3,(H,18,20). The Morgan fingerprint density at radius 3 is 2.39 bits per heavy atom. The van der Waals surface area contributed by atoms with Gasteiger partial charge in [0, 0.05) is 19.2 Å². The van der Waals surface area contributed by atoms with E-state index in [0.29, 0.717) is 17.8 Å². The molecule has 2 rings (SSSR count). The number of nitrogens with one attached hydrogen (secondary N) is 1. The van der Waals surface area contributed by atoms with Crippen molar-refractivity contribution in [2.45, 2.75) is 13.5 Å². The molecule has 0 radical (unpaired) electrons. The predicted molar refractivity (Wildman–Crippen MR) is 92.0 cm³/mol. The fraction of sp³-hybridized carbons (Fsp3) is 0.235. The summed E-state index contributed by atoms with van der Waals surface area (Å²) < 4.78 is 24.5. The van der Waals surface area contributed by atoms with Gasteiger partial charge in [-0.3, -0.25) is 9.10 Å². The molecule has 1 amide bonds. The summed E-state index contributed by atoms with van der Waals surface area (Å²) in [6.07, 6.45) is 1.13. The van der Waals surface area contributed by atoms with Gasteiger partial charge >= 0.3 is 0 Å². The molecule has 0 fully saturated rings. The fourth-order valence-electron chi connectivity index (χ4n) is 2.15. The summed E-state index contributed by atoms with van der Waals surface area (Å²) in [5.74, 6) is -0.235. The Morgan fingerprint density at radius 1 is 1.13 bits per heavy atom.